The van der Waals surface area contributed by atoms with Crippen molar-refractivity contribution in [1.29, 1.82) is 0 Å². The van der Waals surface area contributed by atoms with E-state index in [1.54, 1.807) is 0 Å². The van der Waals surface area contributed by atoms with Crippen molar-refractivity contribution in [3.05, 3.63) is 29.8 Å². The Morgan fingerprint density at radius 1 is 0.571 bits per heavy atom. The maximum Gasteiger partial charge on any atom is 0.0342 e. The Labute approximate surface area is 216 Å². The zero-order valence-corrected chi connectivity index (χ0v) is 22.6. The van der Waals surface area contributed by atoms with Gasteiger partial charge in [0, 0.05) is 44.5 Å². The minimum atomic E-state index is 0.638. The summed E-state index contributed by atoms with van der Waals surface area (Å²) in [5, 5.41) is 14.6. The van der Waals surface area contributed by atoms with E-state index >= 15 is 0 Å². The highest BCUT2D eigenvalue weighted by Crippen LogP contribution is 2.21. The molecule has 1 aromatic rings. The molecule has 0 unspecified atom stereocenters. The standard InChI is InChI=1S/C30H55N5/c1-2-4-6-8-10-14-29(13-9-7-5-3-1)34-30-17-15-28(16-18-30)27-35-25-12-21-32-23-22-31-19-11-20-33-24-26-35/h15-18,29,31-34H,1-14,19-27H2. The van der Waals surface area contributed by atoms with Gasteiger partial charge in [0.25, 0.3) is 0 Å². The second kappa shape index (κ2) is 19.0. The van der Waals surface area contributed by atoms with E-state index < -0.39 is 0 Å². The van der Waals surface area contributed by atoms with Crippen molar-refractivity contribution in [1.82, 2.24) is 20.9 Å². The molecule has 1 heterocycles. The number of rotatable bonds is 4. The van der Waals surface area contributed by atoms with Gasteiger partial charge in [0.1, 0.15) is 0 Å². The van der Waals surface area contributed by atoms with Crippen LogP contribution in [0.25, 0.3) is 0 Å². The first kappa shape index (κ1) is 28.4. The van der Waals surface area contributed by atoms with Crippen LogP contribution in [0.1, 0.15) is 95.5 Å². The summed E-state index contributed by atoms with van der Waals surface area (Å²) in [6.45, 7) is 9.88. The molecule has 1 aliphatic heterocycles. The molecule has 0 aromatic heterocycles. The van der Waals surface area contributed by atoms with Crippen molar-refractivity contribution in [2.45, 2.75) is 102 Å². The number of anilines is 1. The smallest absolute Gasteiger partial charge is 0.0342 e. The van der Waals surface area contributed by atoms with Crippen LogP contribution in [0.5, 0.6) is 0 Å². The van der Waals surface area contributed by atoms with Gasteiger partial charge in [-0.15, -0.1) is 0 Å². The molecule has 0 radical (unpaired) electrons. The van der Waals surface area contributed by atoms with Gasteiger partial charge in [0.05, 0.1) is 0 Å². The van der Waals surface area contributed by atoms with Gasteiger partial charge in [-0.2, -0.15) is 0 Å². The zero-order chi connectivity index (χ0) is 24.2. The molecule has 2 aliphatic rings. The molecule has 3 rings (SSSR count). The maximum absolute atomic E-state index is 3.90. The number of nitrogens with zero attached hydrogens (tertiary/aromatic N) is 1. The number of benzene rings is 1. The Balaban J connectivity index is 1.46. The Bertz CT molecular complexity index is 592. The predicted molar refractivity (Wildman–Crippen MR) is 152 cm³/mol. The van der Waals surface area contributed by atoms with E-state index in [0.29, 0.717) is 6.04 Å². The number of hydrogen-bond donors (Lipinski definition) is 4. The topological polar surface area (TPSA) is 51.4 Å². The summed E-state index contributed by atoms with van der Waals surface area (Å²) >= 11 is 0. The zero-order valence-electron chi connectivity index (χ0n) is 22.6. The molecular formula is C30H55N5. The van der Waals surface area contributed by atoms with Gasteiger partial charge in [-0.1, -0.05) is 76.3 Å². The molecule has 1 saturated heterocycles. The van der Waals surface area contributed by atoms with E-state index in [0.717, 1.165) is 58.9 Å². The summed E-state index contributed by atoms with van der Waals surface area (Å²) in [7, 11) is 0. The van der Waals surface area contributed by atoms with Crippen LogP contribution in [-0.4, -0.2) is 63.3 Å². The Morgan fingerprint density at radius 2 is 1.11 bits per heavy atom. The van der Waals surface area contributed by atoms with E-state index in [1.165, 1.54) is 101 Å². The highest BCUT2D eigenvalue weighted by Gasteiger charge is 2.11. The average Bonchev–Trinajstić information content (AvgIpc) is 2.90. The second-order valence-corrected chi connectivity index (χ2v) is 10.9. The molecule has 0 amide bonds. The fourth-order valence-corrected chi connectivity index (χ4v) is 5.51. The van der Waals surface area contributed by atoms with Gasteiger partial charge >= 0.3 is 0 Å². The van der Waals surface area contributed by atoms with Crippen LogP contribution < -0.4 is 21.3 Å². The fourth-order valence-electron chi connectivity index (χ4n) is 5.51. The summed E-state index contributed by atoms with van der Waals surface area (Å²) in [6.07, 6.45) is 19.3. The van der Waals surface area contributed by atoms with E-state index in [-0.39, 0.29) is 0 Å². The fraction of sp³-hybridized carbons (Fsp3) is 0.800. The first-order chi connectivity index (χ1) is 17.4. The lowest BCUT2D eigenvalue weighted by Crippen LogP contribution is -2.36. The summed E-state index contributed by atoms with van der Waals surface area (Å²) < 4.78 is 0. The maximum atomic E-state index is 3.90. The normalized spacial score (nSPS) is 22.7. The molecular weight excluding hydrogens is 430 g/mol. The molecule has 5 nitrogen and oxygen atoms in total. The largest absolute Gasteiger partial charge is 0.382 e. The molecule has 1 aliphatic carbocycles. The van der Waals surface area contributed by atoms with Gasteiger partial charge < -0.3 is 21.3 Å². The Morgan fingerprint density at radius 3 is 1.74 bits per heavy atom. The van der Waals surface area contributed by atoms with Gasteiger partial charge in [-0.3, -0.25) is 4.90 Å². The Hall–Kier alpha value is -1.14. The van der Waals surface area contributed by atoms with Crippen molar-refractivity contribution >= 4 is 5.69 Å². The van der Waals surface area contributed by atoms with Crippen LogP contribution >= 0.6 is 0 Å². The monoisotopic (exact) mass is 485 g/mol. The highest BCUT2D eigenvalue weighted by molar-refractivity contribution is 5.45. The van der Waals surface area contributed by atoms with Crippen LogP contribution in [0.2, 0.25) is 0 Å². The summed E-state index contributed by atoms with van der Waals surface area (Å²) in [5.74, 6) is 0. The van der Waals surface area contributed by atoms with Crippen molar-refractivity contribution in [2.75, 3.05) is 57.7 Å². The molecule has 4 N–H and O–H groups in total. The molecule has 5 heteroatoms. The van der Waals surface area contributed by atoms with E-state index in [9.17, 15) is 0 Å². The first-order valence-electron chi connectivity index (χ1n) is 15.1. The van der Waals surface area contributed by atoms with Crippen LogP contribution in [0.15, 0.2) is 24.3 Å². The highest BCUT2D eigenvalue weighted by atomic mass is 15.1. The third-order valence-electron chi connectivity index (χ3n) is 7.70. The van der Waals surface area contributed by atoms with Crippen molar-refractivity contribution in [3.8, 4) is 0 Å². The summed E-state index contributed by atoms with van der Waals surface area (Å²) in [6, 6.07) is 9.99. The van der Waals surface area contributed by atoms with E-state index in [4.69, 9.17) is 0 Å². The number of hydrogen-bond acceptors (Lipinski definition) is 5. The second-order valence-electron chi connectivity index (χ2n) is 10.9. The quantitative estimate of drug-likeness (QED) is 0.452. The van der Waals surface area contributed by atoms with Crippen LogP contribution in [0.3, 0.4) is 0 Å². The number of nitrogens with one attached hydrogen (secondary N) is 4. The SMILES string of the molecule is c1cc(NC2CCCCCCCCCCCC2)ccc1CN1CCCNCCNCCCNCC1. The molecule has 0 bridgehead atoms. The van der Waals surface area contributed by atoms with Gasteiger partial charge in [0.15, 0.2) is 0 Å². The Kier molecular flexibility index (Phi) is 15.5. The van der Waals surface area contributed by atoms with Crippen LogP contribution in [0.4, 0.5) is 5.69 Å². The third-order valence-corrected chi connectivity index (χ3v) is 7.70. The lowest BCUT2D eigenvalue weighted by molar-refractivity contribution is 0.260. The lowest BCUT2D eigenvalue weighted by atomic mass is 10.0. The minimum Gasteiger partial charge on any atom is -0.382 e. The van der Waals surface area contributed by atoms with Gasteiger partial charge in [-0.05, 0) is 69.6 Å². The van der Waals surface area contributed by atoms with Crippen LogP contribution in [0, 0.1) is 0 Å². The van der Waals surface area contributed by atoms with E-state index in [2.05, 4.69) is 50.4 Å². The molecule has 35 heavy (non-hydrogen) atoms. The molecule has 200 valence electrons. The van der Waals surface area contributed by atoms with Gasteiger partial charge in [-0.25, -0.2) is 0 Å². The average molecular weight is 486 g/mol. The molecule has 0 spiro atoms. The molecule has 0 atom stereocenters. The predicted octanol–water partition coefficient (Wildman–Crippen LogP) is 5.53. The molecule has 1 saturated carbocycles. The third kappa shape index (κ3) is 13.7. The molecule has 1 aromatic carbocycles. The summed E-state index contributed by atoms with van der Waals surface area (Å²) in [5.41, 5.74) is 2.74. The van der Waals surface area contributed by atoms with Crippen LogP contribution in [-0.2, 0) is 6.54 Å². The van der Waals surface area contributed by atoms with Crippen molar-refractivity contribution in [2.24, 2.45) is 0 Å². The first-order valence-corrected chi connectivity index (χ1v) is 15.1. The minimum absolute atomic E-state index is 0.638. The van der Waals surface area contributed by atoms with Gasteiger partial charge in [0.2, 0.25) is 0 Å². The lowest BCUT2D eigenvalue weighted by Gasteiger charge is -2.24. The molecule has 2 fully saturated rings. The van der Waals surface area contributed by atoms with Crippen molar-refractivity contribution < 1.29 is 0 Å². The summed E-state index contributed by atoms with van der Waals surface area (Å²) in [4.78, 5) is 2.62. The van der Waals surface area contributed by atoms with E-state index in [1.807, 2.05) is 0 Å². The van der Waals surface area contributed by atoms with Crippen molar-refractivity contribution in [3.63, 3.8) is 0 Å².